The molecule has 12 heavy (non-hydrogen) atoms. The zero-order valence-electron chi connectivity index (χ0n) is 8.26. The number of aryl methyl sites for hydroxylation is 2. The lowest BCUT2D eigenvalue weighted by atomic mass is 10.0. The van der Waals surface area contributed by atoms with Crippen LogP contribution in [0.1, 0.15) is 36.6 Å². The standard InChI is InChI=1S/C10H15N.B/c1-7(2)10-5-8(3)9(4)11-6-10;/h5-7H,1-4H3;. The van der Waals surface area contributed by atoms with Gasteiger partial charge in [0.1, 0.15) is 0 Å². The van der Waals surface area contributed by atoms with Gasteiger partial charge in [0.15, 0.2) is 0 Å². The van der Waals surface area contributed by atoms with E-state index in [-0.39, 0.29) is 8.41 Å². The molecule has 0 fully saturated rings. The molecule has 1 aromatic heterocycles. The summed E-state index contributed by atoms with van der Waals surface area (Å²) in [5, 5.41) is 0. The third-order valence-corrected chi connectivity index (χ3v) is 2.03. The highest BCUT2D eigenvalue weighted by Gasteiger charge is 2.00. The van der Waals surface area contributed by atoms with Crippen LogP contribution in [0.2, 0.25) is 0 Å². The Morgan fingerprint density at radius 3 is 2.25 bits per heavy atom. The molecule has 0 saturated carbocycles. The number of hydrogen-bond donors (Lipinski definition) is 0. The van der Waals surface area contributed by atoms with E-state index in [4.69, 9.17) is 0 Å². The van der Waals surface area contributed by atoms with Gasteiger partial charge in [-0.25, -0.2) is 0 Å². The van der Waals surface area contributed by atoms with Crippen LogP contribution in [0.4, 0.5) is 0 Å². The molecule has 0 bridgehead atoms. The first-order valence-electron chi connectivity index (χ1n) is 4.04. The first-order chi connectivity index (χ1) is 5.11. The molecule has 0 N–H and O–H groups in total. The molecule has 0 spiro atoms. The van der Waals surface area contributed by atoms with Crippen molar-refractivity contribution in [3.05, 3.63) is 29.1 Å². The van der Waals surface area contributed by atoms with Gasteiger partial charge in [-0.3, -0.25) is 4.98 Å². The summed E-state index contributed by atoms with van der Waals surface area (Å²) < 4.78 is 0. The van der Waals surface area contributed by atoms with Crippen LogP contribution in [0, 0.1) is 13.8 Å². The van der Waals surface area contributed by atoms with Gasteiger partial charge in [0.2, 0.25) is 0 Å². The Kier molecular flexibility index (Phi) is 4.01. The van der Waals surface area contributed by atoms with E-state index in [1.807, 2.05) is 13.1 Å². The normalized spacial score (nSPS) is 9.75. The predicted octanol–water partition coefficient (Wildman–Crippen LogP) is 2.44. The highest BCUT2D eigenvalue weighted by molar-refractivity contribution is 5.75. The Morgan fingerprint density at radius 1 is 1.25 bits per heavy atom. The topological polar surface area (TPSA) is 12.9 Å². The smallest absolute Gasteiger partial charge is 0.0401 e. The zero-order chi connectivity index (χ0) is 8.43. The Bertz CT molecular complexity index is 256. The lowest BCUT2D eigenvalue weighted by Crippen LogP contribution is -1.93. The Balaban J connectivity index is 0.00000121. The average molecular weight is 160 g/mol. The molecule has 3 radical (unpaired) electrons. The van der Waals surface area contributed by atoms with E-state index in [0.717, 1.165) is 5.69 Å². The van der Waals surface area contributed by atoms with Gasteiger partial charge >= 0.3 is 0 Å². The van der Waals surface area contributed by atoms with Crippen molar-refractivity contribution in [1.82, 2.24) is 4.98 Å². The molecule has 1 heterocycles. The fraction of sp³-hybridized carbons (Fsp3) is 0.500. The highest BCUT2D eigenvalue weighted by Crippen LogP contribution is 2.15. The molecule has 0 aliphatic heterocycles. The Morgan fingerprint density at radius 2 is 1.83 bits per heavy atom. The SMILES string of the molecule is Cc1cc(C(C)C)cnc1C.[B]. The van der Waals surface area contributed by atoms with E-state index in [2.05, 4.69) is 31.8 Å². The minimum Gasteiger partial charge on any atom is -0.261 e. The van der Waals surface area contributed by atoms with Crippen molar-refractivity contribution in [1.29, 1.82) is 0 Å². The summed E-state index contributed by atoms with van der Waals surface area (Å²) in [5.41, 5.74) is 3.75. The maximum atomic E-state index is 4.30. The molecule has 0 aromatic carbocycles. The second-order valence-corrected chi connectivity index (χ2v) is 3.33. The van der Waals surface area contributed by atoms with E-state index in [1.54, 1.807) is 0 Å². The summed E-state index contributed by atoms with van der Waals surface area (Å²) in [6, 6.07) is 2.22. The number of pyridine rings is 1. The number of aromatic nitrogens is 1. The van der Waals surface area contributed by atoms with Crippen LogP contribution in [0.3, 0.4) is 0 Å². The minimum absolute atomic E-state index is 0. The molecule has 0 saturated heterocycles. The minimum atomic E-state index is 0. The van der Waals surface area contributed by atoms with Gasteiger partial charge in [-0.05, 0) is 30.9 Å². The molecule has 63 valence electrons. The van der Waals surface area contributed by atoms with Gasteiger partial charge < -0.3 is 0 Å². The van der Waals surface area contributed by atoms with E-state index < -0.39 is 0 Å². The number of rotatable bonds is 1. The van der Waals surface area contributed by atoms with Crippen molar-refractivity contribution in [3.63, 3.8) is 0 Å². The van der Waals surface area contributed by atoms with Crippen molar-refractivity contribution in [2.75, 3.05) is 0 Å². The van der Waals surface area contributed by atoms with Crippen LogP contribution >= 0.6 is 0 Å². The number of hydrogen-bond acceptors (Lipinski definition) is 1. The van der Waals surface area contributed by atoms with Crippen LogP contribution in [0.5, 0.6) is 0 Å². The first-order valence-corrected chi connectivity index (χ1v) is 4.04. The van der Waals surface area contributed by atoms with E-state index in [9.17, 15) is 0 Å². The van der Waals surface area contributed by atoms with Crippen molar-refractivity contribution < 1.29 is 0 Å². The predicted molar refractivity (Wildman–Crippen MR) is 53.6 cm³/mol. The van der Waals surface area contributed by atoms with Crippen molar-refractivity contribution in [2.24, 2.45) is 0 Å². The van der Waals surface area contributed by atoms with Gasteiger partial charge in [-0.1, -0.05) is 19.9 Å². The Labute approximate surface area is 76.8 Å². The van der Waals surface area contributed by atoms with E-state index in [0.29, 0.717) is 5.92 Å². The molecule has 1 aromatic rings. The van der Waals surface area contributed by atoms with Crippen molar-refractivity contribution in [3.8, 4) is 0 Å². The van der Waals surface area contributed by atoms with Gasteiger partial charge in [-0.2, -0.15) is 0 Å². The van der Waals surface area contributed by atoms with Crippen molar-refractivity contribution in [2.45, 2.75) is 33.6 Å². The molecule has 0 unspecified atom stereocenters. The fourth-order valence-corrected chi connectivity index (χ4v) is 0.981. The average Bonchev–Trinajstić information content (AvgIpc) is 1.94. The summed E-state index contributed by atoms with van der Waals surface area (Å²) in [6.07, 6.45) is 1.97. The summed E-state index contributed by atoms with van der Waals surface area (Å²) >= 11 is 0. The van der Waals surface area contributed by atoms with Gasteiger partial charge in [0.05, 0.1) is 0 Å². The van der Waals surface area contributed by atoms with E-state index >= 15 is 0 Å². The highest BCUT2D eigenvalue weighted by atomic mass is 14.7. The molecule has 1 rings (SSSR count). The third-order valence-electron chi connectivity index (χ3n) is 2.03. The quantitative estimate of drug-likeness (QED) is 0.575. The largest absolute Gasteiger partial charge is 0.261 e. The van der Waals surface area contributed by atoms with Crippen LogP contribution in [-0.2, 0) is 0 Å². The second kappa shape index (κ2) is 4.29. The molecule has 0 aliphatic carbocycles. The van der Waals surface area contributed by atoms with Crippen LogP contribution in [0.15, 0.2) is 12.3 Å². The molecule has 1 nitrogen and oxygen atoms in total. The summed E-state index contributed by atoms with van der Waals surface area (Å²) in [5.74, 6) is 0.585. The van der Waals surface area contributed by atoms with Gasteiger partial charge in [0.25, 0.3) is 0 Å². The third kappa shape index (κ3) is 2.37. The van der Waals surface area contributed by atoms with Crippen LogP contribution < -0.4 is 0 Å². The lowest BCUT2D eigenvalue weighted by Gasteiger charge is -2.06. The zero-order valence-corrected chi connectivity index (χ0v) is 8.26. The molecule has 0 atom stereocenters. The van der Waals surface area contributed by atoms with Crippen LogP contribution in [0.25, 0.3) is 0 Å². The first kappa shape index (κ1) is 11.2. The van der Waals surface area contributed by atoms with Crippen molar-refractivity contribution >= 4 is 8.41 Å². The molecular weight excluding hydrogens is 145 g/mol. The summed E-state index contributed by atoms with van der Waals surface area (Å²) in [7, 11) is 0. The monoisotopic (exact) mass is 160 g/mol. The van der Waals surface area contributed by atoms with Gasteiger partial charge in [0, 0.05) is 20.3 Å². The molecule has 2 heteroatoms. The Hall–Kier alpha value is -0.785. The molecular formula is C10H15BN. The maximum Gasteiger partial charge on any atom is 0.0401 e. The van der Waals surface area contributed by atoms with E-state index in [1.165, 1.54) is 11.1 Å². The second-order valence-electron chi connectivity index (χ2n) is 3.33. The summed E-state index contributed by atoms with van der Waals surface area (Å²) in [6.45, 7) is 8.52. The molecule has 0 amide bonds. The van der Waals surface area contributed by atoms with Crippen LogP contribution in [-0.4, -0.2) is 13.4 Å². The maximum absolute atomic E-state index is 4.30. The fourth-order valence-electron chi connectivity index (χ4n) is 0.981. The lowest BCUT2D eigenvalue weighted by molar-refractivity contribution is 0.852. The van der Waals surface area contributed by atoms with Gasteiger partial charge in [-0.15, -0.1) is 0 Å². The molecule has 0 aliphatic rings. The summed E-state index contributed by atoms with van der Waals surface area (Å²) in [4.78, 5) is 4.30. The number of nitrogens with zero attached hydrogens (tertiary/aromatic N) is 1.